The first kappa shape index (κ1) is 24.0. The van der Waals surface area contributed by atoms with Crippen LogP contribution in [-0.4, -0.2) is 51.1 Å². The number of nitrogens with one attached hydrogen (secondary N) is 1. The van der Waals surface area contributed by atoms with Gasteiger partial charge in [-0.25, -0.2) is 0 Å². The summed E-state index contributed by atoms with van der Waals surface area (Å²) in [6.45, 7) is 0.597. The molecule has 7 nitrogen and oxygen atoms in total. The number of rotatable bonds is 8. The third kappa shape index (κ3) is 5.70. The summed E-state index contributed by atoms with van der Waals surface area (Å²) in [6, 6.07) is 14.8. The van der Waals surface area contributed by atoms with Crippen molar-refractivity contribution in [2.75, 3.05) is 23.1 Å². The van der Waals surface area contributed by atoms with Crippen LogP contribution >= 0.6 is 10.8 Å². The van der Waals surface area contributed by atoms with Crippen molar-refractivity contribution in [3.05, 3.63) is 65.2 Å². The number of amides is 1. The summed E-state index contributed by atoms with van der Waals surface area (Å²) in [5.74, 6) is 0.431. The van der Waals surface area contributed by atoms with Gasteiger partial charge in [-0.3, -0.25) is 18.2 Å². The predicted molar refractivity (Wildman–Crippen MR) is 134 cm³/mol. The zero-order valence-electron chi connectivity index (χ0n) is 18.9. The Hall–Kier alpha value is -2.10. The fourth-order valence-electron chi connectivity index (χ4n) is 4.93. The van der Waals surface area contributed by atoms with Gasteiger partial charge < -0.3 is 16.2 Å². The summed E-state index contributed by atoms with van der Waals surface area (Å²) in [4.78, 5) is 13.4. The van der Waals surface area contributed by atoms with Gasteiger partial charge in [0.15, 0.2) is 0 Å². The van der Waals surface area contributed by atoms with Gasteiger partial charge in [0.05, 0.1) is 23.6 Å². The van der Waals surface area contributed by atoms with Gasteiger partial charge in [-0.2, -0.15) is 0 Å². The van der Waals surface area contributed by atoms with Gasteiger partial charge in [0, 0.05) is 18.7 Å². The molecule has 1 saturated heterocycles. The zero-order chi connectivity index (χ0) is 23.4. The van der Waals surface area contributed by atoms with Crippen molar-refractivity contribution >= 4 is 22.4 Å². The lowest BCUT2D eigenvalue weighted by Gasteiger charge is -2.38. The van der Waals surface area contributed by atoms with E-state index in [0.29, 0.717) is 42.3 Å². The number of carbonyl (C=O) groups excluding carboxylic acids is 1. The summed E-state index contributed by atoms with van der Waals surface area (Å²) >= 11 is 0. The number of nitrogens with zero attached hydrogens (tertiary/aromatic N) is 1. The Balaban J connectivity index is 1.62. The first-order chi connectivity index (χ1) is 15.9. The van der Waals surface area contributed by atoms with E-state index in [1.165, 1.54) is 0 Å². The third-order valence-corrected chi connectivity index (χ3v) is 8.71. The van der Waals surface area contributed by atoms with Crippen molar-refractivity contribution in [1.82, 2.24) is 5.32 Å². The molecule has 0 radical (unpaired) electrons. The number of hydrogen-bond donors (Lipinski definition) is 5. The van der Waals surface area contributed by atoms with Gasteiger partial charge >= 0.3 is 0 Å². The minimum absolute atomic E-state index is 0.0415. The normalized spacial score (nSPS) is 21.0. The smallest absolute Gasteiger partial charge is 0.251 e. The van der Waals surface area contributed by atoms with Crippen LogP contribution < -0.4 is 15.4 Å². The van der Waals surface area contributed by atoms with Crippen molar-refractivity contribution in [2.24, 2.45) is 5.73 Å². The molecular weight excluding hydrogens is 438 g/mol. The molecule has 2 aromatic rings. The van der Waals surface area contributed by atoms with E-state index >= 15 is 0 Å². The highest BCUT2D eigenvalue weighted by Gasteiger charge is 2.31. The number of benzene rings is 2. The highest BCUT2D eigenvalue weighted by molar-refractivity contribution is 8.25. The highest BCUT2D eigenvalue weighted by atomic mass is 32.3. The molecule has 0 unspecified atom stereocenters. The Morgan fingerprint density at radius 1 is 1.12 bits per heavy atom. The summed E-state index contributed by atoms with van der Waals surface area (Å²) < 4.78 is 22.7. The Bertz CT molecular complexity index is 950. The molecule has 1 amide bonds. The fourth-order valence-corrected chi connectivity index (χ4v) is 6.53. The van der Waals surface area contributed by atoms with Gasteiger partial charge in [0.1, 0.15) is 0 Å². The standard InChI is InChI=1S/C25H35N3O4S/c26-17-24(29)23(13-18-7-2-1-3-8-18)27-25(30)21-14-20(19-9-4-5-10-19)15-22(16-21)28-11-6-12-33(28,31)32/h1-3,7-8,14-16,19,23-24,29,31-32H,4-6,9-13,17,26H2,(H,27,30)/t23-,24-/m0/s1. The maximum absolute atomic E-state index is 13.4. The first-order valence-electron chi connectivity index (χ1n) is 11.8. The van der Waals surface area contributed by atoms with Crippen molar-refractivity contribution in [3.8, 4) is 0 Å². The van der Waals surface area contributed by atoms with Crippen molar-refractivity contribution in [1.29, 1.82) is 0 Å². The van der Waals surface area contributed by atoms with Gasteiger partial charge in [-0.15, -0.1) is 10.8 Å². The molecular formula is C25H35N3O4S. The minimum atomic E-state index is -2.86. The second-order valence-electron chi connectivity index (χ2n) is 9.16. The second kappa shape index (κ2) is 10.4. The predicted octanol–water partition coefficient (Wildman–Crippen LogP) is 3.88. The Morgan fingerprint density at radius 2 is 1.85 bits per heavy atom. The number of aliphatic hydroxyl groups is 1. The molecule has 2 atom stereocenters. The van der Waals surface area contributed by atoms with Crippen LogP contribution in [-0.2, 0) is 6.42 Å². The maximum Gasteiger partial charge on any atom is 0.251 e. The van der Waals surface area contributed by atoms with Crippen LogP contribution in [0.15, 0.2) is 48.5 Å². The molecule has 0 bridgehead atoms. The van der Waals surface area contributed by atoms with E-state index in [4.69, 9.17) is 5.73 Å². The summed E-state index contributed by atoms with van der Waals surface area (Å²) in [5.41, 5.74) is 8.94. The average molecular weight is 474 g/mol. The third-order valence-electron chi connectivity index (χ3n) is 6.77. The van der Waals surface area contributed by atoms with Crippen LogP contribution in [0.4, 0.5) is 5.69 Å². The fraction of sp³-hybridized carbons (Fsp3) is 0.480. The lowest BCUT2D eigenvalue weighted by Crippen LogP contribution is -2.47. The number of carbonyl (C=O) groups is 1. The van der Waals surface area contributed by atoms with Crippen LogP contribution in [0.2, 0.25) is 0 Å². The molecule has 1 aliphatic carbocycles. The molecule has 2 aromatic carbocycles. The van der Waals surface area contributed by atoms with E-state index in [2.05, 4.69) is 5.32 Å². The zero-order valence-corrected chi connectivity index (χ0v) is 19.7. The van der Waals surface area contributed by atoms with E-state index in [-0.39, 0.29) is 12.5 Å². The van der Waals surface area contributed by atoms with E-state index in [0.717, 1.165) is 36.8 Å². The Kier molecular flexibility index (Phi) is 7.61. The van der Waals surface area contributed by atoms with Crippen molar-refractivity contribution < 1.29 is 19.0 Å². The van der Waals surface area contributed by atoms with E-state index in [1.54, 1.807) is 10.4 Å². The van der Waals surface area contributed by atoms with Gasteiger partial charge in [0.2, 0.25) is 0 Å². The molecule has 0 spiro atoms. The number of aliphatic hydroxyl groups excluding tert-OH is 1. The summed E-state index contributed by atoms with van der Waals surface area (Å²) in [5, 5.41) is 13.5. The molecule has 0 aromatic heterocycles. The second-order valence-corrected chi connectivity index (χ2v) is 11.3. The van der Waals surface area contributed by atoms with Crippen LogP contribution in [0.5, 0.6) is 0 Å². The van der Waals surface area contributed by atoms with Crippen LogP contribution in [0.1, 0.15) is 59.5 Å². The largest absolute Gasteiger partial charge is 0.390 e. The molecule has 1 aliphatic heterocycles. The molecule has 4 rings (SSSR count). The molecule has 2 aliphatic rings. The van der Waals surface area contributed by atoms with E-state index in [9.17, 15) is 19.0 Å². The van der Waals surface area contributed by atoms with Crippen molar-refractivity contribution in [3.63, 3.8) is 0 Å². The Morgan fingerprint density at radius 3 is 2.48 bits per heavy atom. The van der Waals surface area contributed by atoms with Gasteiger partial charge in [0.25, 0.3) is 5.91 Å². The van der Waals surface area contributed by atoms with Gasteiger partial charge in [-0.1, -0.05) is 43.2 Å². The minimum Gasteiger partial charge on any atom is -0.390 e. The van der Waals surface area contributed by atoms with E-state index in [1.807, 2.05) is 42.5 Å². The highest BCUT2D eigenvalue weighted by Crippen LogP contribution is 2.51. The van der Waals surface area contributed by atoms with Crippen LogP contribution in [0.25, 0.3) is 0 Å². The topological polar surface area (TPSA) is 119 Å². The Labute approximate surface area is 197 Å². The molecule has 33 heavy (non-hydrogen) atoms. The first-order valence-corrected chi connectivity index (χ1v) is 13.5. The molecule has 6 N–H and O–H groups in total. The summed E-state index contributed by atoms with van der Waals surface area (Å²) in [6.07, 6.45) is 4.77. The van der Waals surface area contributed by atoms with E-state index < -0.39 is 22.9 Å². The van der Waals surface area contributed by atoms with Crippen molar-refractivity contribution in [2.45, 2.75) is 56.6 Å². The average Bonchev–Trinajstić information content (AvgIpc) is 3.48. The molecule has 2 fully saturated rings. The quantitative estimate of drug-likeness (QED) is 0.397. The number of nitrogens with two attached hydrogens (primary N) is 1. The molecule has 8 heteroatoms. The number of anilines is 1. The molecule has 180 valence electrons. The summed E-state index contributed by atoms with van der Waals surface area (Å²) in [7, 11) is -2.86. The monoisotopic (exact) mass is 473 g/mol. The molecule has 1 heterocycles. The lowest BCUT2D eigenvalue weighted by atomic mass is 9.94. The SMILES string of the molecule is NC[C@H](O)[C@H](Cc1ccccc1)NC(=O)c1cc(C2CCCC2)cc(N2CCCS2(O)O)c1. The maximum atomic E-state index is 13.4. The van der Waals surface area contributed by atoms with Crippen LogP contribution in [0.3, 0.4) is 0 Å². The van der Waals surface area contributed by atoms with Crippen LogP contribution in [0, 0.1) is 0 Å². The lowest BCUT2D eigenvalue weighted by molar-refractivity contribution is 0.0845. The van der Waals surface area contributed by atoms with Gasteiger partial charge in [-0.05, 0) is 60.9 Å². The molecule has 1 saturated carbocycles. The number of hydrogen-bond acceptors (Lipinski definition) is 6.